The molecule has 2 N–H and O–H groups in total. The van der Waals surface area contributed by atoms with Crippen molar-refractivity contribution in [3.63, 3.8) is 0 Å². The van der Waals surface area contributed by atoms with Gasteiger partial charge in [-0.25, -0.2) is 4.72 Å². The van der Waals surface area contributed by atoms with Gasteiger partial charge in [0.25, 0.3) is 10.2 Å². The van der Waals surface area contributed by atoms with Gasteiger partial charge in [-0.2, -0.15) is 12.7 Å². The Morgan fingerprint density at radius 1 is 1.44 bits per heavy atom. The molecule has 0 radical (unpaired) electrons. The first-order chi connectivity index (χ1) is 7.60. The maximum atomic E-state index is 11.8. The zero-order chi connectivity index (χ0) is 12.0. The molecule has 0 aromatic heterocycles. The summed E-state index contributed by atoms with van der Waals surface area (Å²) in [7, 11) is -3.33. The molecule has 1 saturated heterocycles. The molecule has 96 valence electrons. The standard InChI is InChI=1S/C9H21N3O3S/c1-3-12(4-2)16(13,14)11-7-9-8-15-6-5-10-9/h9-11H,3-8H2,1-2H3. The van der Waals surface area contributed by atoms with E-state index >= 15 is 0 Å². The Bertz CT molecular complexity index is 284. The van der Waals surface area contributed by atoms with Crippen LogP contribution in [0.1, 0.15) is 13.8 Å². The third-order valence-electron chi connectivity index (χ3n) is 2.56. The van der Waals surface area contributed by atoms with E-state index in [0.29, 0.717) is 32.8 Å². The van der Waals surface area contributed by atoms with E-state index in [1.165, 1.54) is 4.31 Å². The average molecular weight is 251 g/mol. The van der Waals surface area contributed by atoms with Crippen LogP contribution in [0, 0.1) is 0 Å². The van der Waals surface area contributed by atoms with Gasteiger partial charge in [0.15, 0.2) is 0 Å². The lowest BCUT2D eigenvalue weighted by Crippen LogP contribution is -2.50. The highest BCUT2D eigenvalue weighted by molar-refractivity contribution is 7.87. The predicted molar refractivity (Wildman–Crippen MR) is 62.5 cm³/mol. The number of hydrogen-bond acceptors (Lipinski definition) is 4. The predicted octanol–water partition coefficient (Wildman–Crippen LogP) is -0.849. The summed E-state index contributed by atoms with van der Waals surface area (Å²) in [6.45, 7) is 7.02. The Morgan fingerprint density at radius 3 is 2.62 bits per heavy atom. The Morgan fingerprint density at radius 2 is 2.12 bits per heavy atom. The van der Waals surface area contributed by atoms with Gasteiger partial charge in [-0.1, -0.05) is 13.8 Å². The van der Waals surface area contributed by atoms with Crippen LogP contribution in [0.25, 0.3) is 0 Å². The Balaban J connectivity index is 2.40. The molecule has 1 heterocycles. The number of nitrogens with zero attached hydrogens (tertiary/aromatic N) is 1. The van der Waals surface area contributed by atoms with Gasteiger partial charge in [-0.05, 0) is 0 Å². The van der Waals surface area contributed by atoms with Crippen molar-refractivity contribution in [1.29, 1.82) is 0 Å². The highest BCUT2D eigenvalue weighted by Gasteiger charge is 2.21. The van der Waals surface area contributed by atoms with Crippen molar-refractivity contribution in [2.24, 2.45) is 0 Å². The lowest BCUT2D eigenvalue weighted by Gasteiger charge is -2.25. The quantitative estimate of drug-likeness (QED) is 0.645. The lowest BCUT2D eigenvalue weighted by molar-refractivity contribution is 0.0782. The maximum absolute atomic E-state index is 11.8. The van der Waals surface area contributed by atoms with Gasteiger partial charge >= 0.3 is 0 Å². The molecule has 6 nitrogen and oxygen atoms in total. The largest absolute Gasteiger partial charge is 0.378 e. The topological polar surface area (TPSA) is 70.7 Å². The molecule has 1 fully saturated rings. The minimum absolute atomic E-state index is 0.0686. The van der Waals surface area contributed by atoms with Crippen molar-refractivity contribution >= 4 is 10.2 Å². The molecule has 0 aromatic rings. The summed E-state index contributed by atoms with van der Waals surface area (Å²) in [4.78, 5) is 0. The van der Waals surface area contributed by atoms with E-state index in [-0.39, 0.29) is 6.04 Å². The number of nitrogens with one attached hydrogen (secondary N) is 2. The average Bonchev–Trinajstić information content (AvgIpc) is 2.29. The van der Waals surface area contributed by atoms with Gasteiger partial charge in [0, 0.05) is 32.2 Å². The molecule has 1 rings (SSSR count). The van der Waals surface area contributed by atoms with Crippen molar-refractivity contribution in [1.82, 2.24) is 14.3 Å². The highest BCUT2D eigenvalue weighted by Crippen LogP contribution is 1.98. The summed E-state index contributed by atoms with van der Waals surface area (Å²) in [5, 5.41) is 3.20. The number of ether oxygens (including phenoxy) is 1. The zero-order valence-corrected chi connectivity index (χ0v) is 10.7. The van der Waals surface area contributed by atoms with Gasteiger partial charge in [-0.3, -0.25) is 0 Å². The fourth-order valence-electron chi connectivity index (χ4n) is 1.61. The molecule has 0 aromatic carbocycles. The van der Waals surface area contributed by atoms with Crippen LogP contribution in [-0.2, 0) is 14.9 Å². The molecule has 0 amide bonds. The van der Waals surface area contributed by atoms with E-state index in [2.05, 4.69) is 10.0 Å². The summed E-state index contributed by atoms with van der Waals surface area (Å²) >= 11 is 0. The normalized spacial score (nSPS) is 22.6. The first kappa shape index (κ1) is 13.9. The van der Waals surface area contributed by atoms with Crippen LogP contribution in [0.5, 0.6) is 0 Å². The summed E-state index contributed by atoms with van der Waals surface area (Å²) in [5.74, 6) is 0. The van der Waals surface area contributed by atoms with Gasteiger partial charge in [0.05, 0.1) is 13.2 Å². The van der Waals surface area contributed by atoms with E-state index in [0.717, 1.165) is 6.54 Å². The van der Waals surface area contributed by atoms with Crippen molar-refractivity contribution < 1.29 is 13.2 Å². The minimum atomic E-state index is -3.33. The fraction of sp³-hybridized carbons (Fsp3) is 1.00. The SMILES string of the molecule is CCN(CC)S(=O)(=O)NCC1COCCN1. The molecular weight excluding hydrogens is 230 g/mol. The van der Waals surface area contributed by atoms with Crippen molar-refractivity contribution in [3.8, 4) is 0 Å². The van der Waals surface area contributed by atoms with E-state index in [4.69, 9.17) is 4.74 Å². The maximum Gasteiger partial charge on any atom is 0.279 e. The van der Waals surface area contributed by atoms with Crippen LogP contribution in [0.3, 0.4) is 0 Å². The van der Waals surface area contributed by atoms with Crippen molar-refractivity contribution in [2.45, 2.75) is 19.9 Å². The second kappa shape index (κ2) is 6.51. The van der Waals surface area contributed by atoms with Gasteiger partial charge < -0.3 is 10.1 Å². The second-order valence-corrected chi connectivity index (χ2v) is 5.42. The molecular formula is C9H21N3O3S. The number of hydrogen-bond donors (Lipinski definition) is 2. The van der Waals surface area contributed by atoms with E-state index in [1.807, 2.05) is 13.8 Å². The second-order valence-electron chi connectivity index (χ2n) is 3.66. The molecule has 16 heavy (non-hydrogen) atoms. The summed E-state index contributed by atoms with van der Waals surface area (Å²) in [6, 6.07) is 0.0686. The highest BCUT2D eigenvalue weighted by atomic mass is 32.2. The minimum Gasteiger partial charge on any atom is -0.378 e. The molecule has 1 aliphatic rings. The molecule has 0 spiro atoms. The van der Waals surface area contributed by atoms with Crippen LogP contribution in [0.15, 0.2) is 0 Å². The Hall–Kier alpha value is -0.210. The summed E-state index contributed by atoms with van der Waals surface area (Å²) in [6.07, 6.45) is 0. The summed E-state index contributed by atoms with van der Waals surface area (Å²) in [5.41, 5.74) is 0. The van der Waals surface area contributed by atoms with E-state index < -0.39 is 10.2 Å². The Kier molecular flexibility index (Phi) is 5.63. The molecule has 1 aliphatic heterocycles. The molecule has 0 aliphatic carbocycles. The molecule has 0 saturated carbocycles. The third kappa shape index (κ3) is 3.99. The zero-order valence-electron chi connectivity index (χ0n) is 9.90. The fourth-order valence-corrected chi connectivity index (χ4v) is 2.89. The summed E-state index contributed by atoms with van der Waals surface area (Å²) < 4.78 is 32.8. The number of rotatable bonds is 6. The van der Waals surface area contributed by atoms with Crippen LogP contribution in [0.4, 0.5) is 0 Å². The van der Waals surface area contributed by atoms with Crippen molar-refractivity contribution in [2.75, 3.05) is 39.4 Å². The smallest absolute Gasteiger partial charge is 0.279 e. The first-order valence-electron chi connectivity index (χ1n) is 5.66. The van der Waals surface area contributed by atoms with Gasteiger partial charge in [0.1, 0.15) is 0 Å². The molecule has 1 unspecified atom stereocenters. The monoisotopic (exact) mass is 251 g/mol. The van der Waals surface area contributed by atoms with E-state index in [9.17, 15) is 8.42 Å². The lowest BCUT2D eigenvalue weighted by atomic mass is 10.3. The van der Waals surface area contributed by atoms with Crippen LogP contribution < -0.4 is 10.0 Å². The van der Waals surface area contributed by atoms with Crippen LogP contribution >= 0.6 is 0 Å². The van der Waals surface area contributed by atoms with Crippen molar-refractivity contribution in [3.05, 3.63) is 0 Å². The van der Waals surface area contributed by atoms with E-state index in [1.54, 1.807) is 0 Å². The van der Waals surface area contributed by atoms with Gasteiger partial charge in [-0.15, -0.1) is 0 Å². The number of morpholine rings is 1. The molecule has 0 bridgehead atoms. The van der Waals surface area contributed by atoms with Gasteiger partial charge in [0.2, 0.25) is 0 Å². The molecule has 7 heteroatoms. The Labute approximate surface area is 97.5 Å². The first-order valence-corrected chi connectivity index (χ1v) is 7.10. The van der Waals surface area contributed by atoms with Crippen LogP contribution in [0.2, 0.25) is 0 Å². The van der Waals surface area contributed by atoms with Crippen LogP contribution in [-0.4, -0.2) is 58.2 Å². The molecule has 1 atom stereocenters. The third-order valence-corrected chi connectivity index (χ3v) is 4.28.